The molecule has 14 heteroatoms. The molecule has 3 aromatic carbocycles. The number of aliphatic hydroxyl groups excluding tert-OH is 2. The second kappa shape index (κ2) is 11.6. The third-order valence-electron chi connectivity index (χ3n) is 7.09. The number of sulfone groups is 1. The van der Waals surface area contributed by atoms with E-state index in [2.05, 4.69) is 5.32 Å². The van der Waals surface area contributed by atoms with E-state index < -0.39 is 39.8 Å². The standard InChI is InChI=1S/C29H24Cl2N2O9S/c1-43(40,41)17-4-2-3-14(9-17)10-21(28(37)38)32-26(35)23-20(30)11-16-13-33(8-7-18(16)24(23)31)27(36)15-5-6-19-22(12-15)42-29(39)25(19)34/h2-6,9-12,25,29,34,39H,7-8,13H2,1H3,(H,32,35)(H,37,38)/b21-10-. The smallest absolute Gasteiger partial charge is 0.352 e. The molecule has 2 heterocycles. The van der Waals surface area contributed by atoms with Crippen LogP contribution < -0.4 is 10.1 Å². The van der Waals surface area contributed by atoms with Crippen LogP contribution in [0.4, 0.5) is 0 Å². The Morgan fingerprint density at radius 1 is 1.09 bits per heavy atom. The fourth-order valence-corrected chi connectivity index (χ4v) is 6.36. The quantitative estimate of drug-likeness (QED) is 0.294. The lowest BCUT2D eigenvalue weighted by Crippen LogP contribution is -2.36. The molecule has 2 amide bonds. The number of benzene rings is 3. The Labute approximate surface area is 255 Å². The van der Waals surface area contributed by atoms with Gasteiger partial charge in [0.1, 0.15) is 17.6 Å². The average Bonchev–Trinajstić information content (AvgIpc) is 3.23. The number of hydrogen-bond acceptors (Lipinski definition) is 8. The highest BCUT2D eigenvalue weighted by Gasteiger charge is 2.33. The first kappa shape index (κ1) is 30.5. The number of amides is 2. The van der Waals surface area contributed by atoms with Crippen molar-refractivity contribution < 1.29 is 42.9 Å². The maximum Gasteiger partial charge on any atom is 0.352 e. The Bertz CT molecular complexity index is 1820. The molecule has 224 valence electrons. The number of halogens is 2. The van der Waals surface area contributed by atoms with Gasteiger partial charge in [0.25, 0.3) is 11.8 Å². The molecule has 0 saturated carbocycles. The van der Waals surface area contributed by atoms with Gasteiger partial charge in [0, 0.05) is 30.5 Å². The van der Waals surface area contributed by atoms with Crippen LogP contribution >= 0.6 is 23.2 Å². The molecule has 0 aliphatic carbocycles. The lowest BCUT2D eigenvalue weighted by molar-refractivity contribution is -0.132. The number of carbonyl (C=O) groups is 3. The van der Waals surface area contributed by atoms with Crippen molar-refractivity contribution in [3.05, 3.63) is 97.7 Å². The van der Waals surface area contributed by atoms with E-state index in [9.17, 15) is 38.1 Å². The third kappa shape index (κ3) is 6.10. The summed E-state index contributed by atoms with van der Waals surface area (Å²) in [5, 5.41) is 31.6. The minimum atomic E-state index is -3.55. The lowest BCUT2D eigenvalue weighted by Gasteiger charge is -2.30. The summed E-state index contributed by atoms with van der Waals surface area (Å²) in [6, 6.07) is 11.6. The van der Waals surface area contributed by atoms with Crippen LogP contribution in [0.5, 0.6) is 5.75 Å². The fourth-order valence-electron chi connectivity index (χ4n) is 4.92. The van der Waals surface area contributed by atoms with Crippen molar-refractivity contribution in [2.45, 2.75) is 30.3 Å². The monoisotopic (exact) mass is 646 g/mol. The Morgan fingerprint density at radius 2 is 1.84 bits per heavy atom. The summed E-state index contributed by atoms with van der Waals surface area (Å²) in [6.45, 7) is 0.365. The number of hydrogen-bond donors (Lipinski definition) is 4. The summed E-state index contributed by atoms with van der Waals surface area (Å²) >= 11 is 13.1. The number of ether oxygens (including phenoxy) is 1. The van der Waals surface area contributed by atoms with Crippen LogP contribution in [-0.2, 0) is 27.6 Å². The first-order chi connectivity index (χ1) is 20.2. The zero-order valence-corrected chi connectivity index (χ0v) is 24.7. The number of nitrogens with one attached hydrogen (secondary N) is 1. The number of carboxylic acid groups (broad SMARTS) is 1. The number of nitrogens with zero attached hydrogens (tertiary/aromatic N) is 1. The van der Waals surface area contributed by atoms with Crippen LogP contribution in [0, 0.1) is 0 Å². The van der Waals surface area contributed by atoms with Crippen LogP contribution in [0.2, 0.25) is 10.0 Å². The van der Waals surface area contributed by atoms with Gasteiger partial charge in [-0.25, -0.2) is 13.2 Å². The number of fused-ring (bicyclic) bond motifs is 2. The molecule has 43 heavy (non-hydrogen) atoms. The molecule has 0 radical (unpaired) electrons. The third-order valence-corrected chi connectivity index (χ3v) is 8.92. The summed E-state index contributed by atoms with van der Waals surface area (Å²) in [6.07, 6.45) is -0.207. The molecule has 2 aliphatic rings. The molecule has 4 N–H and O–H groups in total. The Morgan fingerprint density at radius 3 is 2.53 bits per heavy atom. The van der Waals surface area contributed by atoms with Crippen molar-refractivity contribution in [3.8, 4) is 5.75 Å². The van der Waals surface area contributed by atoms with Crippen molar-refractivity contribution in [1.29, 1.82) is 0 Å². The molecule has 2 atom stereocenters. The lowest BCUT2D eigenvalue weighted by atomic mass is 9.95. The minimum Gasteiger partial charge on any atom is -0.477 e. The normalized spacial score (nSPS) is 18.0. The molecule has 2 aliphatic heterocycles. The summed E-state index contributed by atoms with van der Waals surface area (Å²) < 4.78 is 29.0. The minimum absolute atomic E-state index is 0.0183. The van der Waals surface area contributed by atoms with Crippen LogP contribution in [0.25, 0.3) is 6.08 Å². The van der Waals surface area contributed by atoms with Gasteiger partial charge in [-0.05, 0) is 59.5 Å². The van der Waals surface area contributed by atoms with Gasteiger partial charge >= 0.3 is 5.97 Å². The molecule has 11 nitrogen and oxygen atoms in total. The highest BCUT2D eigenvalue weighted by molar-refractivity contribution is 7.90. The van der Waals surface area contributed by atoms with E-state index in [0.717, 1.165) is 12.3 Å². The first-order valence-corrected chi connectivity index (χ1v) is 15.4. The van der Waals surface area contributed by atoms with E-state index in [-0.39, 0.29) is 62.8 Å². The van der Waals surface area contributed by atoms with Gasteiger partial charge in [-0.1, -0.05) is 41.4 Å². The zero-order chi connectivity index (χ0) is 31.2. The summed E-state index contributed by atoms with van der Waals surface area (Å²) in [5.41, 5.74) is 1.39. The first-order valence-electron chi connectivity index (χ1n) is 12.8. The van der Waals surface area contributed by atoms with Crippen molar-refractivity contribution in [2.24, 2.45) is 0 Å². The number of aliphatic hydroxyl groups is 2. The molecule has 3 aromatic rings. The SMILES string of the molecule is CS(=O)(=O)c1cccc(/C=C(\NC(=O)c2c(Cl)cc3c(c2Cl)CCN(C(=O)c2ccc4c(c2)OC(O)C4O)C3)C(=O)O)c1. The second-order valence-corrected chi connectivity index (χ2v) is 12.8. The van der Waals surface area contributed by atoms with E-state index in [1.54, 1.807) is 4.90 Å². The highest BCUT2D eigenvalue weighted by atomic mass is 35.5. The van der Waals surface area contributed by atoms with Gasteiger partial charge in [-0.2, -0.15) is 0 Å². The molecule has 0 saturated heterocycles. The molecule has 0 bridgehead atoms. The molecular weight excluding hydrogens is 623 g/mol. The highest BCUT2D eigenvalue weighted by Crippen LogP contribution is 2.38. The van der Waals surface area contributed by atoms with Gasteiger partial charge in [0.2, 0.25) is 6.29 Å². The van der Waals surface area contributed by atoms with Gasteiger partial charge in [-0.3, -0.25) is 9.59 Å². The van der Waals surface area contributed by atoms with Crippen molar-refractivity contribution in [3.63, 3.8) is 0 Å². The van der Waals surface area contributed by atoms with Gasteiger partial charge in [-0.15, -0.1) is 0 Å². The van der Waals surface area contributed by atoms with Crippen LogP contribution in [0.15, 0.2) is 59.1 Å². The molecule has 5 rings (SSSR count). The maximum absolute atomic E-state index is 13.2. The number of carbonyl (C=O) groups excluding carboxylic acids is 2. The number of rotatable bonds is 6. The Balaban J connectivity index is 1.37. The van der Waals surface area contributed by atoms with Gasteiger partial charge < -0.3 is 30.3 Å². The van der Waals surface area contributed by atoms with E-state index in [4.69, 9.17) is 27.9 Å². The summed E-state index contributed by atoms with van der Waals surface area (Å²) in [7, 11) is -3.55. The number of carboxylic acids is 1. The van der Waals surface area contributed by atoms with Crippen molar-refractivity contribution in [2.75, 3.05) is 12.8 Å². The second-order valence-electron chi connectivity index (χ2n) is 10.0. The average molecular weight is 647 g/mol. The predicted octanol–water partition coefficient (Wildman–Crippen LogP) is 3.20. The van der Waals surface area contributed by atoms with E-state index >= 15 is 0 Å². The predicted molar refractivity (Wildman–Crippen MR) is 156 cm³/mol. The number of aliphatic carboxylic acids is 1. The van der Waals surface area contributed by atoms with E-state index in [1.807, 2.05) is 0 Å². The van der Waals surface area contributed by atoms with E-state index in [0.29, 0.717) is 16.7 Å². The Kier molecular flexibility index (Phi) is 8.25. The Hall–Kier alpha value is -3.94. The maximum atomic E-state index is 13.2. The van der Waals surface area contributed by atoms with Gasteiger partial charge in [0.15, 0.2) is 9.84 Å². The zero-order valence-electron chi connectivity index (χ0n) is 22.4. The van der Waals surface area contributed by atoms with Crippen LogP contribution in [-0.4, -0.2) is 65.5 Å². The molecule has 0 spiro atoms. The fraction of sp³-hybridized carbons (Fsp3) is 0.207. The van der Waals surface area contributed by atoms with Gasteiger partial charge in [0.05, 0.1) is 20.5 Å². The van der Waals surface area contributed by atoms with Crippen molar-refractivity contribution >= 4 is 56.9 Å². The van der Waals surface area contributed by atoms with Crippen molar-refractivity contribution in [1.82, 2.24) is 10.2 Å². The molecular formula is C29H24Cl2N2O9S. The molecule has 0 fully saturated rings. The van der Waals surface area contributed by atoms with E-state index in [1.165, 1.54) is 48.5 Å². The summed E-state index contributed by atoms with van der Waals surface area (Å²) in [4.78, 5) is 39.9. The summed E-state index contributed by atoms with van der Waals surface area (Å²) in [5.74, 6) is -2.48. The molecule has 0 aromatic heterocycles. The van der Waals surface area contributed by atoms with Crippen LogP contribution in [0.3, 0.4) is 0 Å². The topological polar surface area (TPSA) is 171 Å². The largest absolute Gasteiger partial charge is 0.477 e. The molecule has 2 unspecified atom stereocenters. The van der Waals surface area contributed by atoms with Crippen LogP contribution in [0.1, 0.15) is 49.1 Å².